The standard InChI is InChI=1S/C22H40O7P2/c23-30(24,25)22-20-18-16-14-12-10-8-6-4-2-1-3-5-7-9-11-13-15-17-19-21-29-31(26,27)28/h5-22H2,(H2,23,24,25)(H2,26,27,28). The SMILES string of the molecule is O=P(O)(O)CCCCCCCCCC#CC#CCCCCCCCCCOP(=O)(O)O. The highest BCUT2D eigenvalue weighted by Gasteiger charge is 2.12. The van der Waals surface area contributed by atoms with Crippen LogP contribution in [0.1, 0.15) is 103 Å². The third kappa shape index (κ3) is 29.4. The summed E-state index contributed by atoms with van der Waals surface area (Å²) in [6.07, 6.45) is 15.9. The zero-order valence-electron chi connectivity index (χ0n) is 18.6. The lowest BCUT2D eigenvalue weighted by molar-refractivity contribution is 0.193. The summed E-state index contributed by atoms with van der Waals surface area (Å²) < 4.78 is 25.6. The van der Waals surface area contributed by atoms with Crippen LogP contribution in [-0.2, 0) is 13.7 Å². The quantitative estimate of drug-likeness (QED) is 0.109. The highest BCUT2D eigenvalue weighted by atomic mass is 31.2. The Bertz CT molecular complexity index is 646. The Labute approximate surface area is 188 Å². The number of rotatable bonds is 19. The van der Waals surface area contributed by atoms with Crippen molar-refractivity contribution < 1.29 is 33.2 Å². The average molecular weight is 479 g/mol. The van der Waals surface area contributed by atoms with E-state index >= 15 is 0 Å². The zero-order valence-corrected chi connectivity index (χ0v) is 20.4. The average Bonchev–Trinajstić information content (AvgIpc) is 2.67. The van der Waals surface area contributed by atoms with Gasteiger partial charge in [0.1, 0.15) is 0 Å². The summed E-state index contributed by atoms with van der Waals surface area (Å²) in [4.78, 5) is 34.6. The van der Waals surface area contributed by atoms with Crippen molar-refractivity contribution in [2.75, 3.05) is 12.8 Å². The van der Waals surface area contributed by atoms with Crippen LogP contribution in [0.4, 0.5) is 0 Å². The van der Waals surface area contributed by atoms with Crippen LogP contribution in [0.25, 0.3) is 0 Å². The first-order chi connectivity index (χ1) is 14.7. The Kier molecular flexibility index (Phi) is 19.6. The van der Waals surface area contributed by atoms with Crippen LogP contribution in [0.3, 0.4) is 0 Å². The van der Waals surface area contributed by atoms with Gasteiger partial charge in [0.2, 0.25) is 0 Å². The third-order valence-corrected chi connectivity index (χ3v) is 6.11. The van der Waals surface area contributed by atoms with E-state index in [0.717, 1.165) is 89.9 Å². The summed E-state index contributed by atoms with van der Waals surface area (Å²) >= 11 is 0. The van der Waals surface area contributed by atoms with E-state index in [9.17, 15) is 9.13 Å². The van der Waals surface area contributed by atoms with Crippen LogP contribution in [0.15, 0.2) is 0 Å². The molecule has 0 aliphatic carbocycles. The molecule has 0 aliphatic rings. The molecule has 0 rings (SSSR count). The van der Waals surface area contributed by atoms with Gasteiger partial charge >= 0.3 is 15.4 Å². The van der Waals surface area contributed by atoms with Gasteiger partial charge in [-0.15, -0.1) is 0 Å². The molecule has 0 radical (unpaired) electrons. The fourth-order valence-electron chi connectivity index (χ4n) is 3.01. The first kappa shape index (κ1) is 30.4. The smallest absolute Gasteiger partial charge is 0.324 e. The Hall–Kier alpha value is -0.620. The predicted octanol–water partition coefficient (Wildman–Crippen LogP) is 5.52. The summed E-state index contributed by atoms with van der Waals surface area (Å²) in [6, 6.07) is 0. The molecule has 0 aromatic heterocycles. The van der Waals surface area contributed by atoms with Crippen LogP contribution < -0.4 is 0 Å². The van der Waals surface area contributed by atoms with Crippen molar-refractivity contribution in [1.29, 1.82) is 0 Å². The van der Waals surface area contributed by atoms with Gasteiger partial charge in [-0.3, -0.25) is 9.09 Å². The molecule has 4 N–H and O–H groups in total. The van der Waals surface area contributed by atoms with Gasteiger partial charge in [0.15, 0.2) is 0 Å². The lowest BCUT2D eigenvalue weighted by Crippen LogP contribution is -1.92. The fourth-order valence-corrected chi connectivity index (χ4v) is 4.01. The van der Waals surface area contributed by atoms with Gasteiger partial charge in [-0.25, -0.2) is 4.57 Å². The van der Waals surface area contributed by atoms with E-state index in [2.05, 4.69) is 28.2 Å². The molecule has 180 valence electrons. The summed E-state index contributed by atoms with van der Waals surface area (Å²) in [6.45, 7) is 0.116. The van der Waals surface area contributed by atoms with Crippen LogP contribution in [-0.4, -0.2) is 32.3 Å². The molecule has 0 heterocycles. The Morgan fingerprint density at radius 2 is 0.935 bits per heavy atom. The molecule has 0 unspecified atom stereocenters. The number of unbranched alkanes of at least 4 members (excludes halogenated alkanes) is 14. The summed E-state index contributed by atoms with van der Waals surface area (Å²) in [5.41, 5.74) is 0. The molecule has 0 amide bonds. The van der Waals surface area contributed by atoms with E-state index in [1.54, 1.807) is 0 Å². The molecule has 0 bridgehead atoms. The Morgan fingerprint density at radius 1 is 0.548 bits per heavy atom. The predicted molar refractivity (Wildman–Crippen MR) is 124 cm³/mol. The van der Waals surface area contributed by atoms with Crippen LogP contribution in [0.5, 0.6) is 0 Å². The van der Waals surface area contributed by atoms with Crippen molar-refractivity contribution in [1.82, 2.24) is 0 Å². The normalized spacial score (nSPS) is 11.5. The zero-order chi connectivity index (χ0) is 23.3. The molecule has 0 atom stereocenters. The van der Waals surface area contributed by atoms with Gasteiger partial charge in [0, 0.05) is 19.0 Å². The third-order valence-electron chi connectivity index (χ3n) is 4.70. The Balaban J connectivity index is 3.32. The van der Waals surface area contributed by atoms with Crippen molar-refractivity contribution in [2.45, 2.75) is 103 Å². The number of phosphoric ester groups is 1. The maximum atomic E-state index is 10.7. The molecule has 0 saturated heterocycles. The second kappa shape index (κ2) is 20.0. The minimum Gasteiger partial charge on any atom is -0.324 e. The molecular formula is C22H40O7P2. The van der Waals surface area contributed by atoms with Crippen LogP contribution in [0.2, 0.25) is 0 Å². The van der Waals surface area contributed by atoms with Crippen LogP contribution in [0, 0.1) is 23.7 Å². The second-order valence-corrected chi connectivity index (χ2v) is 10.8. The van der Waals surface area contributed by atoms with E-state index < -0.39 is 15.4 Å². The first-order valence-corrected chi connectivity index (χ1v) is 14.7. The molecule has 0 spiro atoms. The lowest BCUT2D eigenvalue weighted by Gasteiger charge is -2.04. The monoisotopic (exact) mass is 478 g/mol. The van der Waals surface area contributed by atoms with Gasteiger partial charge in [0.25, 0.3) is 0 Å². The van der Waals surface area contributed by atoms with E-state index in [1.807, 2.05) is 0 Å². The van der Waals surface area contributed by atoms with Crippen LogP contribution >= 0.6 is 15.4 Å². The fraction of sp³-hybridized carbons (Fsp3) is 0.818. The summed E-state index contributed by atoms with van der Waals surface area (Å²) in [7, 11) is -8.12. The molecule has 31 heavy (non-hydrogen) atoms. The molecule has 7 nitrogen and oxygen atoms in total. The number of hydrogen-bond donors (Lipinski definition) is 4. The molecule has 0 fully saturated rings. The van der Waals surface area contributed by atoms with Gasteiger partial charge in [-0.2, -0.15) is 0 Å². The maximum absolute atomic E-state index is 10.7. The highest BCUT2D eigenvalue weighted by molar-refractivity contribution is 7.51. The maximum Gasteiger partial charge on any atom is 0.469 e. The first-order valence-electron chi connectivity index (χ1n) is 11.4. The largest absolute Gasteiger partial charge is 0.469 e. The van der Waals surface area contributed by atoms with Gasteiger partial charge in [-0.05, 0) is 37.5 Å². The second-order valence-electron chi connectivity index (χ2n) is 7.77. The minimum absolute atomic E-state index is 0.00560. The highest BCUT2D eigenvalue weighted by Crippen LogP contribution is 2.36. The topological polar surface area (TPSA) is 124 Å². The molecular weight excluding hydrogens is 438 g/mol. The minimum atomic E-state index is -4.31. The van der Waals surface area contributed by atoms with Crippen molar-refractivity contribution in [3.05, 3.63) is 0 Å². The van der Waals surface area contributed by atoms with Gasteiger partial charge in [0.05, 0.1) is 6.61 Å². The van der Waals surface area contributed by atoms with Crippen molar-refractivity contribution in [3.63, 3.8) is 0 Å². The summed E-state index contributed by atoms with van der Waals surface area (Å²) in [5, 5.41) is 0. The van der Waals surface area contributed by atoms with E-state index in [-0.39, 0.29) is 12.8 Å². The molecule has 0 aliphatic heterocycles. The molecule has 9 heteroatoms. The number of hydrogen-bond acceptors (Lipinski definition) is 3. The molecule has 0 aromatic rings. The summed E-state index contributed by atoms with van der Waals surface area (Å²) in [5.74, 6) is 12.0. The van der Waals surface area contributed by atoms with Gasteiger partial charge in [-0.1, -0.05) is 76.0 Å². The molecule has 0 saturated carbocycles. The lowest BCUT2D eigenvalue weighted by atomic mass is 10.1. The van der Waals surface area contributed by atoms with Crippen molar-refractivity contribution in [3.8, 4) is 23.7 Å². The molecule has 0 aromatic carbocycles. The Morgan fingerprint density at radius 3 is 1.35 bits per heavy atom. The van der Waals surface area contributed by atoms with Gasteiger partial charge < -0.3 is 19.6 Å². The van der Waals surface area contributed by atoms with Crippen molar-refractivity contribution in [2.24, 2.45) is 0 Å². The van der Waals surface area contributed by atoms with E-state index in [1.165, 1.54) is 0 Å². The van der Waals surface area contributed by atoms with E-state index in [4.69, 9.17) is 19.6 Å². The number of phosphoric acid groups is 1. The van der Waals surface area contributed by atoms with Crippen molar-refractivity contribution >= 4 is 15.4 Å². The van der Waals surface area contributed by atoms with E-state index in [0.29, 0.717) is 12.8 Å².